The maximum atomic E-state index is 11.6. The van der Waals surface area contributed by atoms with E-state index in [1.54, 1.807) is 18.2 Å². The summed E-state index contributed by atoms with van der Waals surface area (Å²) in [7, 11) is 0. The van der Waals surface area contributed by atoms with E-state index in [4.69, 9.17) is 0 Å². The van der Waals surface area contributed by atoms with Crippen LogP contribution in [0.5, 0.6) is 0 Å². The maximum Gasteiger partial charge on any atom is 0.269 e. The summed E-state index contributed by atoms with van der Waals surface area (Å²) in [6, 6.07) is 7.67. The third-order valence-corrected chi connectivity index (χ3v) is 2.49. The minimum absolute atomic E-state index is 0.0378. The quantitative estimate of drug-likeness (QED) is 0.656. The molecule has 0 aliphatic heterocycles. The molecule has 0 spiro atoms. The summed E-state index contributed by atoms with van der Waals surface area (Å²) in [5, 5.41) is 16.6. The third kappa shape index (κ3) is 3.63. The lowest BCUT2D eigenvalue weighted by atomic mass is 10.1. The number of hydrogen-bond acceptors (Lipinski definition) is 5. The van der Waals surface area contributed by atoms with Crippen molar-refractivity contribution >= 4 is 17.4 Å². The van der Waals surface area contributed by atoms with Crippen molar-refractivity contribution in [3.8, 4) is 0 Å². The average molecular weight is 261 g/mol. The Kier molecular flexibility index (Phi) is 3.87. The molecule has 7 heteroatoms. The fraction of sp³-hybridized carbons (Fsp3) is 0.167. The van der Waals surface area contributed by atoms with Crippen LogP contribution in [0.1, 0.15) is 12.0 Å². The summed E-state index contributed by atoms with van der Waals surface area (Å²) >= 11 is 0. The molecule has 19 heavy (non-hydrogen) atoms. The maximum absolute atomic E-state index is 11.6. The van der Waals surface area contributed by atoms with Crippen LogP contribution >= 0.6 is 0 Å². The van der Waals surface area contributed by atoms with Gasteiger partial charge in [-0.15, -0.1) is 0 Å². The monoisotopic (exact) mass is 261 g/mol. The van der Waals surface area contributed by atoms with Gasteiger partial charge in [0.05, 0.1) is 4.92 Å². The van der Waals surface area contributed by atoms with Gasteiger partial charge in [-0.1, -0.05) is 17.3 Å². The van der Waals surface area contributed by atoms with Gasteiger partial charge < -0.3 is 9.84 Å². The molecule has 0 saturated heterocycles. The van der Waals surface area contributed by atoms with E-state index in [1.807, 2.05) is 0 Å². The first kappa shape index (κ1) is 12.7. The van der Waals surface area contributed by atoms with Crippen molar-refractivity contribution in [2.24, 2.45) is 0 Å². The van der Waals surface area contributed by atoms with Gasteiger partial charge in [0.1, 0.15) is 6.26 Å². The number of hydrogen-bond donors (Lipinski definition) is 1. The summed E-state index contributed by atoms with van der Waals surface area (Å²) in [4.78, 5) is 21.6. The molecule has 0 saturated carbocycles. The molecule has 2 rings (SSSR count). The molecule has 0 bridgehead atoms. The van der Waals surface area contributed by atoms with Crippen molar-refractivity contribution < 1.29 is 14.2 Å². The molecule has 0 aliphatic carbocycles. The number of nitro groups is 1. The van der Waals surface area contributed by atoms with Crippen LogP contribution in [0.3, 0.4) is 0 Å². The number of nitrogens with zero attached hydrogens (tertiary/aromatic N) is 2. The van der Waals surface area contributed by atoms with Crippen LogP contribution in [-0.2, 0) is 11.2 Å². The van der Waals surface area contributed by atoms with E-state index in [1.165, 1.54) is 18.4 Å². The highest BCUT2D eigenvalue weighted by Crippen LogP contribution is 2.13. The largest absolute Gasteiger partial charge is 0.363 e. The number of benzene rings is 1. The number of nitro benzene ring substituents is 1. The van der Waals surface area contributed by atoms with Crippen LogP contribution in [0, 0.1) is 10.1 Å². The lowest BCUT2D eigenvalue weighted by Gasteiger charge is -2.01. The van der Waals surface area contributed by atoms with Gasteiger partial charge in [-0.2, -0.15) is 0 Å². The molecular weight excluding hydrogens is 250 g/mol. The Morgan fingerprint density at radius 2 is 2.05 bits per heavy atom. The Labute approximate surface area is 108 Å². The molecule has 0 aliphatic rings. The second kappa shape index (κ2) is 5.76. The molecule has 98 valence electrons. The van der Waals surface area contributed by atoms with E-state index in [0.29, 0.717) is 12.2 Å². The third-order valence-electron chi connectivity index (χ3n) is 2.49. The molecular formula is C12H11N3O4. The minimum Gasteiger partial charge on any atom is -0.363 e. The van der Waals surface area contributed by atoms with Crippen molar-refractivity contribution in [2.75, 3.05) is 5.32 Å². The molecule has 1 N–H and O–H groups in total. The van der Waals surface area contributed by atoms with Gasteiger partial charge in [-0.05, 0) is 12.0 Å². The van der Waals surface area contributed by atoms with Crippen LogP contribution in [-0.4, -0.2) is 16.0 Å². The van der Waals surface area contributed by atoms with Gasteiger partial charge in [0, 0.05) is 24.6 Å². The number of anilines is 1. The summed E-state index contributed by atoms with van der Waals surface area (Å²) in [6.45, 7) is 0. The number of amides is 1. The molecule has 0 radical (unpaired) electrons. The Balaban J connectivity index is 1.84. The number of aromatic nitrogens is 1. The lowest BCUT2D eigenvalue weighted by molar-refractivity contribution is -0.384. The highest BCUT2D eigenvalue weighted by Gasteiger charge is 2.07. The van der Waals surface area contributed by atoms with Crippen molar-refractivity contribution in [3.63, 3.8) is 0 Å². The summed E-state index contributed by atoms with van der Waals surface area (Å²) in [5.74, 6) is 0.181. The van der Waals surface area contributed by atoms with E-state index < -0.39 is 4.92 Å². The zero-order valence-electron chi connectivity index (χ0n) is 9.91. The van der Waals surface area contributed by atoms with Crippen LogP contribution in [0.2, 0.25) is 0 Å². The van der Waals surface area contributed by atoms with Crippen molar-refractivity contribution in [1.82, 2.24) is 5.16 Å². The summed E-state index contributed by atoms with van der Waals surface area (Å²) in [5.41, 5.74) is 0.900. The molecule has 2 aromatic rings. The van der Waals surface area contributed by atoms with Crippen LogP contribution in [0.15, 0.2) is 41.1 Å². The van der Waals surface area contributed by atoms with Crippen molar-refractivity contribution in [2.45, 2.75) is 12.8 Å². The van der Waals surface area contributed by atoms with E-state index in [-0.39, 0.29) is 18.0 Å². The van der Waals surface area contributed by atoms with Gasteiger partial charge in [0.15, 0.2) is 5.82 Å². The number of carbonyl (C=O) groups is 1. The van der Waals surface area contributed by atoms with Crippen molar-refractivity contribution in [3.05, 3.63) is 52.3 Å². The molecule has 0 unspecified atom stereocenters. The van der Waals surface area contributed by atoms with Crippen LogP contribution in [0.25, 0.3) is 0 Å². The van der Waals surface area contributed by atoms with Gasteiger partial charge in [-0.25, -0.2) is 0 Å². The predicted octanol–water partition coefficient (Wildman–Crippen LogP) is 2.15. The zero-order valence-corrected chi connectivity index (χ0v) is 9.91. The molecule has 0 fully saturated rings. The molecule has 1 aromatic heterocycles. The fourth-order valence-corrected chi connectivity index (χ4v) is 1.52. The van der Waals surface area contributed by atoms with Gasteiger partial charge in [0.25, 0.3) is 5.69 Å². The van der Waals surface area contributed by atoms with Crippen molar-refractivity contribution in [1.29, 1.82) is 0 Å². The Bertz CT molecular complexity index is 563. The lowest BCUT2D eigenvalue weighted by Crippen LogP contribution is -2.12. The highest BCUT2D eigenvalue weighted by atomic mass is 16.6. The first-order chi connectivity index (χ1) is 9.15. The van der Waals surface area contributed by atoms with Crippen LogP contribution < -0.4 is 5.32 Å². The fourth-order valence-electron chi connectivity index (χ4n) is 1.52. The number of rotatable bonds is 5. The van der Waals surface area contributed by atoms with E-state index in [9.17, 15) is 14.9 Å². The molecule has 1 aromatic carbocycles. The SMILES string of the molecule is O=C(CCc1ccc([N+](=O)[O-])cc1)Nc1ccon1. The molecule has 7 nitrogen and oxygen atoms in total. The molecule has 1 amide bonds. The molecule has 0 atom stereocenters. The first-order valence-electron chi connectivity index (χ1n) is 5.59. The topological polar surface area (TPSA) is 98.3 Å². The van der Waals surface area contributed by atoms with Crippen LogP contribution in [0.4, 0.5) is 11.5 Å². The van der Waals surface area contributed by atoms with Gasteiger partial charge in [0.2, 0.25) is 5.91 Å². The molecule has 1 heterocycles. The number of carbonyl (C=O) groups excluding carboxylic acids is 1. The smallest absolute Gasteiger partial charge is 0.269 e. The average Bonchev–Trinajstić information content (AvgIpc) is 2.89. The Hall–Kier alpha value is -2.70. The zero-order chi connectivity index (χ0) is 13.7. The van der Waals surface area contributed by atoms with E-state index in [0.717, 1.165) is 5.56 Å². The number of nitrogens with one attached hydrogen (secondary N) is 1. The highest BCUT2D eigenvalue weighted by molar-refractivity contribution is 5.89. The normalized spacial score (nSPS) is 10.1. The van der Waals surface area contributed by atoms with Gasteiger partial charge >= 0.3 is 0 Å². The summed E-state index contributed by atoms with van der Waals surface area (Å²) in [6.07, 6.45) is 2.14. The van der Waals surface area contributed by atoms with E-state index in [2.05, 4.69) is 15.0 Å². The number of aryl methyl sites for hydroxylation is 1. The predicted molar refractivity (Wildman–Crippen MR) is 66.6 cm³/mol. The van der Waals surface area contributed by atoms with Gasteiger partial charge in [-0.3, -0.25) is 14.9 Å². The standard InChI is InChI=1S/C12H11N3O4/c16-12(13-11-7-8-19-14-11)6-3-9-1-4-10(5-2-9)15(17)18/h1-2,4-5,7-8H,3,6H2,(H,13,14,16). The second-order valence-electron chi connectivity index (χ2n) is 3.86. The minimum atomic E-state index is -0.457. The second-order valence-corrected chi connectivity index (χ2v) is 3.86. The summed E-state index contributed by atoms with van der Waals surface area (Å²) < 4.78 is 4.59. The number of non-ortho nitro benzene ring substituents is 1. The Morgan fingerprint density at radius 3 is 2.63 bits per heavy atom. The Morgan fingerprint density at radius 1 is 1.32 bits per heavy atom. The first-order valence-corrected chi connectivity index (χ1v) is 5.59. The van der Waals surface area contributed by atoms with E-state index >= 15 is 0 Å².